The van der Waals surface area contributed by atoms with Crippen molar-refractivity contribution in [3.63, 3.8) is 0 Å². The molecule has 192 valence electrons. The number of ether oxygens (including phenoxy) is 2. The van der Waals surface area contributed by atoms with E-state index in [2.05, 4.69) is 5.32 Å². The van der Waals surface area contributed by atoms with E-state index in [0.29, 0.717) is 47.2 Å². The molecule has 8 nitrogen and oxygen atoms in total. The fourth-order valence-corrected chi connectivity index (χ4v) is 5.40. The molecule has 0 fully saturated rings. The molecule has 1 aliphatic rings. The lowest BCUT2D eigenvalue weighted by molar-refractivity contribution is 0.102. The number of nitrogens with one attached hydrogen (secondary N) is 1. The van der Waals surface area contributed by atoms with Crippen LogP contribution in [0.4, 0.5) is 11.4 Å². The van der Waals surface area contributed by atoms with Crippen molar-refractivity contribution in [2.75, 3.05) is 29.1 Å². The van der Waals surface area contributed by atoms with Crippen molar-refractivity contribution in [2.45, 2.75) is 6.54 Å². The molecule has 2 heterocycles. The molecule has 0 aliphatic carbocycles. The largest absolute Gasteiger partial charge is 0.486 e. The van der Waals surface area contributed by atoms with Crippen molar-refractivity contribution in [3.8, 4) is 11.5 Å². The van der Waals surface area contributed by atoms with Crippen LogP contribution in [-0.4, -0.2) is 33.8 Å². The molecular formula is C29H24N2O6S. The first-order valence-electron chi connectivity index (χ1n) is 12.0. The molecule has 6 rings (SSSR count). The molecule has 0 bridgehead atoms. The van der Waals surface area contributed by atoms with Gasteiger partial charge in [0, 0.05) is 34.2 Å². The van der Waals surface area contributed by atoms with Crippen LogP contribution in [0.3, 0.4) is 0 Å². The highest BCUT2D eigenvalue weighted by atomic mass is 32.2. The van der Waals surface area contributed by atoms with Gasteiger partial charge in [-0.25, -0.2) is 8.42 Å². The number of furan rings is 1. The van der Waals surface area contributed by atoms with Gasteiger partial charge in [-0.15, -0.1) is 0 Å². The predicted molar refractivity (Wildman–Crippen MR) is 147 cm³/mol. The molecular weight excluding hydrogens is 504 g/mol. The van der Waals surface area contributed by atoms with Crippen molar-refractivity contribution in [1.29, 1.82) is 0 Å². The van der Waals surface area contributed by atoms with Gasteiger partial charge in [-0.05, 0) is 48.0 Å². The number of hydrogen-bond donors (Lipinski definition) is 1. The van der Waals surface area contributed by atoms with Gasteiger partial charge in [0.15, 0.2) is 11.5 Å². The van der Waals surface area contributed by atoms with Gasteiger partial charge >= 0.3 is 0 Å². The third-order valence-corrected chi connectivity index (χ3v) is 7.53. The van der Waals surface area contributed by atoms with Crippen LogP contribution in [-0.2, 0) is 16.6 Å². The van der Waals surface area contributed by atoms with E-state index < -0.39 is 10.0 Å². The van der Waals surface area contributed by atoms with Gasteiger partial charge in [0.25, 0.3) is 5.91 Å². The van der Waals surface area contributed by atoms with Gasteiger partial charge in [-0.3, -0.25) is 9.10 Å². The zero-order valence-corrected chi connectivity index (χ0v) is 21.3. The van der Waals surface area contributed by atoms with E-state index in [0.717, 1.165) is 28.2 Å². The van der Waals surface area contributed by atoms with Gasteiger partial charge in [-0.1, -0.05) is 30.3 Å². The van der Waals surface area contributed by atoms with E-state index in [1.165, 1.54) is 4.31 Å². The van der Waals surface area contributed by atoms with Crippen molar-refractivity contribution >= 4 is 49.2 Å². The van der Waals surface area contributed by atoms with Crippen molar-refractivity contribution in [2.24, 2.45) is 0 Å². The number of carbonyl (C=O) groups excluding carboxylic acids is 1. The Kier molecular flexibility index (Phi) is 5.92. The highest BCUT2D eigenvalue weighted by Gasteiger charge is 2.21. The van der Waals surface area contributed by atoms with E-state index in [1.54, 1.807) is 48.5 Å². The van der Waals surface area contributed by atoms with Crippen LogP contribution in [0.2, 0.25) is 0 Å². The minimum Gasteiger partial charge on any atom is -0.486 e. The molecule has 38 heavy (non-hydrogen) atoms. The molecule has 1 aromatic heterocycles. The number of sulfonamides is 1. The number of carbonyl (C=O) groups is 1. The van der Waals surface area contributed by atoms with Crippen molar-refractivity contribution < 1.29 is 27.1 Å². The van der Waals surface area contributed by atoms with Crippen molar-refractivity contribution in [1.82, 2.24) is 0 Å². The molecule has 0 radical (unpaired) electrons. The zero-order valence-electron chi connectivity index (χ0n) is 20.5. The molecule has 1 aliphatic heterocycles. The van der Waals surface area contributed by atoms with Gasteiger partial charge in [-0.2, -0.15) is 0 Å². The summed E-state index contributed by atoms with van der Waals surface area (Å²) >= 11 is 0. The molecule has 4 aromatic carbocycles. The van der Waals surface area contributed by atoms with Crippen molar-refractivity contribution in [3.05, 3.63) is 96.1 Å². The molecule has 9 heteroatoms. The maximum atomic E-state index is 12.9. The summed E-state index contributed by atoms with van der Waals surface area (Å²) in [7, 11) is -3.59. The maximum Gasteiger partial charge on any atom is 0.255 e. The minimum absolute atomic E-state index is 0.100. The van der Waals surface area contributed by atoms with Crippen LogP contribution in [0.5, 0.6) is 11.5 Å². The lowest BCUT2D eigenvalue weighted by Gasteiger charge is -2.25. The van der Waals surface area contributed by atoms with Gasteiger partial charge in [0.1, 0.15) is 24.4 Å². The van der Waals surface area contributed by atoms with Crippen LogP contribution in [0, 0.1) is 0 Å². The molecule has 5 aromatic rings. The second kappa shape index (κ2) is 9.42. The Morgan fingerprint density at radius 1 is 0.842 bits per heavy atom. The lowest BCUT2D eigenvalue weighted by Crippen LogP contribution is -2.29. The lowest BCUT2D eigenvalue weighted by atomic mass is 10.1. The van der Waals surface area contributed by atoms with Crippen LogP contribution in [0.15, 0.2) is 89.3 Å². The number of anilines is 2. The SMILES string of the molecule is CS(=O)(=O)N(Cc1ccc(C(=O)Nc2ccc3c(c2)oc2ccccc23)cc1)c1ccc2c(c1)OCCO2. The second-order valence-corrected chi connectivity index (χ2v) is 11.0. The normalized spacial score (nSPS) is 13.0. The van der Waals surface area contributed by atoms with E-state index >= 15 is 0 Å². The fourth-order valence-electron chi connectivity index (χ4n) is 4.52. The Morgan fingerprint density at radius 3 is 2.37 bits per heavy atom. The highest BCUT2D eigenvalue weighted by molar-refractivity contribution is 7.92. The summed E-state index contributed by atoms with van der Waals surface area (Å²) in [5, 5.41) is 4.91. The van der Waals surface area contributed by atoms with Crippen LogP contribution >= 0.6 is 0 Å². The minimum atomic E-state index is -3.59. The van der Waals surface area contributed by atoms with E-state index in [9.17, 15) is 13.2 Å². The summed E-state index contributed by atoms with van der Waals surface area (Å²) in [6.07, 6.45) is 1.16. The van der Waals surface area contributed by atoms with Crippen LogP contribution in [0.25, 0.3) is 21.9 Å². The Bertz CT molecular complexity index is 1780. The Morgan fingerprint density at radius 2 is 1.58 bits per heavy atom. The number of fused-ring (bicyclic) bond motifs is 4. The van der Waals surface area contributed by atoms with Crippen LogP contribution in [0.1, 0.15) is 15.9 Å². The molecule has 1 amide bonds. The van der Waals surface area contributed by atoms with E-state index in [4.69, 9.17) is 13.9 Å². The highest BCUT2D eigenvalue weighted by Crippen LogP contribution is 2.35. The van der Waals surface area contributed by atoms with Gasteiger partial charge < -0.3 is 19.2 Å². The number of hydrogen-bond acceptors (Lipinski definition) is 6. The third kappa shape index (κ3) is 4.64. The summed E-state index contributed by atoms with van der Waals surface area (Å²) in [4.78, 5) is 12.9. The summed E-state index contributed by atoms with van der Waals surface area (Å²) < 4.78 is 43.6. The summed E-state index contributed by atoms with van der Waals surface area (Å²) in [5.41, 5.74) is 3.75. The smallest absolute Gasteiger partial charge is 0.255 e. The predicted octanol–water partition coefficient (Wildman–Crippen LogP) is 5.58. The molecule has 0 saturated carbocycles. The first-order valence-corrected chi connectivity index (χ1v) is 13.9. The number of nitrogens with zero attached hydrogens (tertiary/aromatic N) is 1. The topological polar surface area (TPSA) is 98.1 Å². The number of rotatable bonds is 6. The Hall–Kier alpha value is -4.50. The Labute approximate surface area is 219 Å². The molecule has 0 spiro atoms. The summed E-state index contributed by atoms with van der Waals surface area (Å²) in [6, 6.07) is 25.3. The average Bonchev–Trinajstić information content (AvgIpc) is 3.29. The maximum absolute atomic E-state index is 12.9. The fraction of sp³-hybridized carbons (Fsp3) is 0.138. The molecule has 0 saturated heterocycles. The summed E-state index contributed by atoms with van der Waals surface area (Å²) in [6.45, 7) is 0.963. The number of para-hydroxylation sites is 1. The quantitative estimate of drug-likeness (QED) is 0.309. The first kappa shape index (κ1) is 23.9. The van der Waals surface area contributed by atoms with Gasteiger partial charge in [0.2, 0.25) is 10.0 Å². The first-order chi connectivity index (χ1) is 18.3. The monoisotopic (exact) mass is 528 g/mol. The zero-order chi connectivity index (χ0) is 26.3. The number of benzene rings is 4. The molecule has 0 atom stereocenters. The van der Waals surface area contributed by atoms with Gasteiger partial charge in [0.05, 0.1) is 18.5 Å². The average molecular weight is 529 g/mol. The van der Waals surface area contributed by atoms with Crippen LogP contribution < -0.4 is 19.1 Å². The number of amides is 1. The Balaban J connectivity index is 1.19. The molecule has 1 N–H and O–H groups in total. The second-order valence-electron chi connectivity index (χ2n) is 9.06. The van der Waals surface area contributed by atoms with E-state index in [-0.39, 0.29) is 12.5 Å². The third-order valence-electron chi connectivity index (χ3n) is 6.39. The molecule has 0 unspecified atom stereocenters. The standard InChI is InChI=1S/C29H24N2O6S/c1-38(33,34)31(22-11-13-26-28(17-22)36-15-14-35-26)18-19-6-8-20(9-7-19)29(32)30-21-10-12-24-23-4-2-3-5-25(23)37-27(24)16-21/h2-13,16-17H,14-15,18H2,1H3,(H,30,32). The van der Waals surface area contributed by atoms with E-state index in [1.807, 2.05) is 36.4 Å². The summed E-state index contributed by atoms with van der Waals surface area (Å²) in [5.74, 6) is 0.817.